The molecule has 16 heavy (non-hydrogen) atoms. The Kier molecular flexibility index (Phi) is 3.30. The van der Waals surface area contributed by atoms with Gasteiger partial charge in [-0.1, -0.05) is 0 Å². The number of nitrogens with one attached hydrogen (secondary N) is 1. The molecule has 0 heterocycles. The first-order chi connectivity index (χ1) is 7.32. The number of aromatic hydroxyl groups is 2. The maximum Gasteiger partial charge on any atom is 0.281 e. The molecule has 1 rings (SSSR count). The van der Waals surface area contributed by atoms with Gasteiger partial charge in [-0.3, -0.25) is 5.32 Å². The predicted octanol–water partition coefficient (Wildman–Crippen LogP) is 0.866. The zero-order chi connectivity index (χ0) is 12.5. The van der Waals surface area contributed by atoms with Crippen LogP contribution in [0.3, 0.4) is 0 Å². The first-order valence-electron chi connectivity index (χ1n) is 4.26. The fourth-order valence-electron chi connectivity index (χ4n) is 1.15. The van der Waals surface area contributed by atoms with E-state index in [4.69, 9.17) is 15.3 Å². The third-order valence-corrected chi connectivity index (χ3v) is 2.06. The quantitative estimate of drug-likeness (QED) is 0.465. The fraction of sp³-hybridized carbons (Fsp3) is 0.333. The third-order valence-electron chi connectivity index (χ3n) is 2.06. The summed E-state index contributed by atoms with van der Waals surface area (Å²) < 4.78 is 39.7. The monoisotopic (exact) mass is 237 g/mol. The molecule has 90 valence electrons. The summed E-state index contributed by atoms with van der Waals surface area (Å²) in [5, 5.41) is 28.7. The van der Waals surface area contributed by atoms with Crippen molar-refractivity contribution < 1.29 is 28.5 Å². The predicted molar refractivity (Wildman–Crippen MR) is 48.7 cm³/mol. The minimum Gasteiger partial charge on any atom is -0.504 e. The maximum absolute atomic E-state index is 13.5. The largest absolute Gasteiger partial charge is 0.504 e. The van der Waals surface area contributed by atoms with E-state index >= 15 is 0 Å². The van der Waals surface area contributed by atoms with Gasteiger partial charge in [0.1, 0.15) is 0 Å². The molecule has 4 N–H and O–H groups in total. The van der Waals surface area contributed by atoms with Gasteiger partial charge in [-0.05, 0) is 19.2 Å². The highest BCUT2D eigenvalue weighted by Gasteiger charge is 2.42. The molecule has 4 nitrogen and oxygen atoms in total. The van der Waals surface area contributed by atoms with Gasteiger partial charge in [0.15, 0.2) is 17.3 Å². The van der Waals surface area contributed by atoms with Crippen molar-refractivity contribution >= 4 is 0 Å². The molecule has 0 fully saturated rings. The molecule has 0 spiro atoms. The number of alkyl halides is 2. The Morgan fingerprint density at radius 3 is 2.44 bits per heavy atom. The molecule has 0 saturated carbocycles. The molecule has 2 atom stereocenters. The number of hydrogen-bond donors (Lipinski definition) is 4. The molecule has 1 aromatic rings. The van der Waals surface area contributed by atoms with Crippen LogP contribution in [0.5, 0.6) is 11.5 Å². The summed E-state index contributed by atoms with van der Waals surface area (Å²) in [4.78, 5) is 0. The van der Waals surface area contributed by atoms with Gasteiger partial charge >= 0.3 is 0 Å². The van der Waals surface area contributed by atoms with Crippen molar-refractivity contribution in [3.8, 4) is 11.5 Å². The van der Waals surface area contributed by atoms with Gasteiger partial charge in [0.2, 0.25) is 6.30 Å². The van der Waals surface area contributed by atoms with Crippen LogP contribution < -0.4 is 5.32 Å². The second-order valence-electron chi connectivity index (χ2n) is 3.12. The highest BCUT2D eigenvalue weighted by atomic mass is 19.2. The van der Waals surface area contributed by atoms with E-state index in [1.54, 1.807) is 5.32 Å². The van der Waals surface area contributed by atoms with Crippen molar-refractivity contribution in [2.24, 2.45) is 0 Å². The molecule has 1 aromatic carbocycles. The highest BCUT2D eigenvalue weighted by molar-refractivity contribution is 5.43. The Bertz CT molecular complexity index is 398. The lowest BCUT2D eigenvalue weighted by Gasteiger charge is -2.23. The van der Waals surface area contributed by atoms with Crippen LogP contribution in [-0.2, 0) is 5.85 Å². The van der Waals surface area contributed by atoms with Gasteiger partial charge < -0.3 is 15.3 Å². The SMILES string of the molecule is CNC(F)C(O)(F)c1ccc(O)c(O)c1F. The first-order valence-corrected chi connectivity index (χ1v) is 4.26. The summed E-state index contributed by atoms with van der Waals surface area (Å²) in [5.41, 5.74) is -1.11. The van der Waals surface area contributed by atoms with E-state index < -0.39 is 35.0 Å². The van der Waals surface area contributed by atoms with Crippen molar-refractivity contribution in [3.63, 3.8) is 0 Å². The highest BCUT2D eigenvalue weighted by Crippen LogP contribution is 2.37. The smallest absolute Gasteiger partial charge is 0.281 e. The lowest BCUT2D eigenvalue weighted by atomic mass is 10.0. The minimum atomic E-state index is -3.65. The Hall–Kier alpha value is -1.47. The second kappa shape index (κ2) is 4.18. The summed E-state index contributed by atoms with van der Waals surface area (Å²) in [7, 11) is 1.02. The summed E-state index contributed by atoms with van der Waals surface area (Å²) >= 11 is 0. The van der Waals surface area contributed by atoms with E-state index in [0.29, 0.717) is 6.07 Å². The Morgan fingerprint density at radius 2 is 1.94 bits per heavy atom. The average molecular weight is 237 g/mol. The van der Waals surface area contributed by atoms with Gasteiger partial charge in [-0.25, -0.2) is 13.2 Å². The molecule has 0 radical (unpaired) electrons. The summed E-state index contributed by atoms with van der Waals surface area (Å²) in [6.45, 7) is 0. The molecular formula is C9H10F3NO3. The van der Waals surface area contributed by atoms with Crippen molar-refractivity contribution in [2.75, 3.05) is 7.05 Å². The number of likely N-dealkylation sites (N-methyl/N-ethyl adjacent to an activating group) is 1. The van der Waals surface area contributed by atoms with E-state index in [1.165, 1.54) is 0 Å². The van der Waals surface area contributed by atoms with Crippen molar-refractivity contribution in [2.45, 2.75) is 12.2 Å². The fourth-order valence-corrected chi connectivity index (χ4v) is 1.15. The van der Waals surface area contributed by atoms with E-state index in [1.807, 2.05) is 0 Å². The van der Waals surface area contributed by atoms with Crippen LogP contribution in [0.15, 0.2) is 12.1 Å². The van der Waals surface area contributed by atoms with Crippen molar-refractivity contribution in [3.05, 3.63) is 23.5 Å². The molecule has 0 aliphatic rings. The lowest BCUT2D eigenvalue weighted by Crippen LogP contribution is -2.41. The van der Waals surface area contributed by atoms with E-state index in [2.05, 4.69) is 0 Å². The van der Waals surface area contributed by atoms with Crippen LogP contribution in [0.1, 0.15) is 5.56 Å². The molecule has 0 saturated heterocycles. The van der Waals surface area contributed by atoms with Gasteiger partial charge in [-0.2, -0.15) is 0 Å². The van der Waals surface area contributed by atoms with Gasteiger partial charge in [0.25, 0.3) is 5.85 Å². The van der Waals surface area contributed by atoms with Crippen LogP contribution in [0, 0.1) is 5.82 Å². The summed E-state index contributed by atoms with van der Waals surface area (Å²) in [5.74, 6) is -7.36. The van der Waals surface area contributed by atoms with Crippen molar-refractivity contribution in [1.29, 1.82) is 0 Å². The number of benzene rings is 1. The van der Waals surface area contributed by atoms with Crippen LogP contribution in [0.4, 0.5) is 13.2 Å². The van der Waals surface area contributed by atoms with Gasteiger partial charge in [0, 0.05) is 0 Å². The maximum atomic E-state index is 13.5. The number of aliphatic hydroxyl groups is 1. The number of phenolic OH excluding ortho intramolecular Hbond substituents is 2. The third kappa shape index (κ3) is 1.91. The van der Waals surface area contributed by atoms with E-state index in [9.17, 15) is 13.2 Å². The van der Waals surface area contributed by atoms with Gasteiger partial charge in [-0.15, -0.1) is 0 Å². The second-order valence-corrected chi connectivity index (χ2v) is 3.12. The molecule has 0 aliphatic carbocycles. The van der Waals surface area contributed by atoms with E-state index in [-0.39, 0.29) is 0 Å². The zero-order valence-corrected chi connectivity index (χ0v) is 8.21. The normalized spacial score (nSPS) is 16.8. The number of rotatable bonds is 3. The van der Waals surface area contributed by atoms with Gasteiger partial charge in [0.05, 0.1) is 5.56 Å². The first kappa shape index (κ1) is 12.6. The topological polar surface area (TPSA) is 72.7 Å². The molecular weight excluding hydrogens is 227 g/mol. The molecule has 0 bridgehead atoms. The lowest BCUT2D eigenvalue weighted by molar-refractivity contribution is -0.161. The Labute approximate surface area is 89.0 Å². The Balaban J connectivity index is 3.29. The standard InChI is InChI=1S/C9H10F3NO3/c1-13-8(11)9(12,16)4-2-3-5(14)7(15)6(4)10/h2-3,8,13-16H,1H3. The van der Waals surface area contributed by atoms with E-state index in [0.717, 1.165) is 13.1 Å². The van der Waals surface area contributed by atoms with Crippen LogP contribution in [-0.4, -0.2) is 28.7 Å². The van der Waals surface area contributed by atoms with Crippen LogP contribution in [0.2, 0.25) is 0 Å². The number of hydrogen-bond acceptors (Lipinski definition) is 4. The summed E-state index contributed by atoms with van der Waals surface area (Å²) in [6, 6.07) is 1.37. The summed E-state index contributed by atoms with van der Waals surface area (Å²) in [6.07, 6.45) is -2.58. The molecule has 2 unspecified atom stereocenters. The minimum absolute atomic E-state index is 0.633. The molecule has 0 aliphatic heterocycles. The zero-order valence-electron chi connectivity index (χ0n) is 8.21. The number of phenols is 2. The molecule has 7 heteroatoms. The van der Waals surface area contributed by atoms with Crippen LogP contribution >= 0.6 is 0 Å². The van der Waals surface area contributed by atoms with Crippen molar-refractivity contribution in [1.82, 2.24) is 5.32 Å². The Morgan fingerprint density at radius 1 is 1.38 bits per heavy atom. The molecule has 0 amide bonds. The van der Waals surface area contributed by atoms with Crippen LogP contribution in [0.25, 0.3) is 0 Å². The number of halogens is 3. The molecule has 0 aromatic heterocycles. The average Bonchev–Trinajstić information content (AvgIpc) is 2.24.